The molecule has 0 bridgehead atoms. The van der Waals surface area contributed by atoms with Gasteiger partial charge in [-0.2, -0.15) is 0 Å². The van der Waals surface area contributed by atoms with E-state index in [1.165, 1.54) is 4.90 Å². The molecule has 0 aliphatic rings. The number of aryl methyl sites for hydroxylation is 2. The van der Waals surface area contributed by atoms with E-state index in [4.69, 9.17) is 9.15 Å². The first-order valence-corrected chi connectivity index (χ1v) is 10.2. The van der Waals surface area contributed by atoms with Gasteiger partial charge < -0.3 is 19.8 Å². The number of aliphatic imine (C=N–C) groups is 1. The van der Waals surface area contributed by atoms with E-state index in [2.05, 4.69) is 40.5 Å². The van der Waals surface area contributed by atoms with Crippen molar-refractivity contribution in [2.45, 2.75) is 39.1 Å². The number of hydrogen-bond donors (Lipinski definition) is 2. The maximum atomic E-state index is 5.59. The molecule has 0 radical (unpaired) electrons. The predicted octanol–water partition coefficient (Wildman–Crippen LogP) is 3.78. The number of hydrogen-bond acceptors (Lipinski definition) is 5. The summed E-state index contributed by atoms with van der Waals surface area (Å²) >= 11 is 1.81. The Morgan fingerprint density at radius 1 is 1.30 bits per heavy atom. The molecule has 2 N–H and O–H groups in total. The Kier molecular flexibility index (Phi) is 8.51. The fourth-order valence-corrected chi connectivity index (χ4v) is 3.45. The lowest BCUT2D eigenvalue weighted by molar-refractivity contribution is 0.405. The second-order valence-corrected chi connectivity index (χ2v) is 7.45. The highest BCUT2D eigenvalue weighted by molar-refractivity contribution is 7.99. The molecule has 1 unspecified atom stereocenters. The van der Waals surface area contributed by atoms with Gasteiger partial charge in [-0.15, -0.1) is 11.8 Å². The maximum Gasteiger partial charge on any atom is 0.216 e. The van der Waals surface area contributed by atoms with Crippen LogP contribution < -0.4 is 15.4 Å². The normalized spacial score (nSPS) is 12.7. The Bertz CT molecular complexity index is 726. The molecule has 0 spiro atoms. The average molecular weight is 391 g/mol. The highest BCUT2D eigenvalue weighted by atomic mass is 32.2. The molecule has 0 saturated carbocycles. The van der Waals surface area contributed by atoms with E-state index in [1.807, 2.05) is 43.8 Å². The number of methoxy groups -OCH3 is 1. The third-order valence-electron chi connectivity index (χ3n) is 4.00. The topological polar surface area (TPSA) is 71.7 Å². The first-order valence-electron chi connectivity index (χ1n) is 9.24. The van der Waals surface area contributed by atoms with Gasteiger partial charge in [0, 0.05) is 23.7 Å². The number of aromatic nitrogens is 1. The number of nitrogens with one attached hydrogen (secondary N) is 2. The van der Waals surface area contributed by atoms with E-state index in [0.29, 0.717) is 18.4 Å². The third kappa shape index (κ3) is 6.82. The van der Waals surface area contributed by atoms with Crippen molar-refractivity contribution in [2.75, 3.05) is 26.0 Å². The summed E-state index contributed by atoms with van der Waals surface area (Å²) in [7, 11) is 1.71. The van der Waals surface area contributed by atoms with Gasteiger partial charge in [-0.25, -0.2) is 9.98 Å². The van der Waals surface area contributed by atoms with Gasteiger partial charge in [0.05, 0.1) is 12.8 Å². The zero-order valence-corrected chi connectivity index (χ0v) is 17.7. The van der Waals surface area contributed by atoms with Gasteiger partial charge >= 0.3 is 0 Å². The van der Waals surface area contributed by atoms with Crippen LogP contribution >= 0.6 is 11.8 Å². The number of rotatable bonds is 9. The van der Waals surface area contributed by atoms with Gasteiger partial charge in [-0.3, -0.25) is 0 Å². The smallest absolute Gasteiger partial charge is 0.216 e. The number of oxazole rings is 1. The van der Waals surface area contributed by atoms with E-state index in [-0.39, 0.29) is 0 Å². The molecule has 2 aromatic rings. The lowest BCUT2D eigenvalue weighted by Gasteiger charge is -2.16. The lowest BCUT2D eigenvalue weighted by Crippen LogP contribution is -2.39. The Labute approximate surface area is 166 Å². The molecule has 0 fully saturated rings. The van der Waals surface area contributed by atoms with E-state index >= 15 is 0 Å². The quantitative estimate of drug-likeness (QED) is 0.386. The van der Waals surface area contributed by atoms with E-state index < -0.39 is 0 Å². The zero-order valence-electron chi connectivity index (χ0n) is 16.8. The Morgan fingerprint density at radius 2 is 2.07 bits per heavy atom. The van der Waals surface area contributed by atoms with Crippen LogP contribution in [0.4, 0.5) is 0 Å². The summed E-state index contributed by atoms with van der Waals surface area (Å²) in [4.78, 5) is 10.1. The van der Waals surface area contributed by atoms with Gasteiger partial charge in [0.25, 0.3) is 0 Å². The fraction of sp³-hybridized carbons (Fsp3) is 0.500. The van der Waals surface area contributed by atoms with Crippen LogP contribution in [0, 0.1) is 19.8 Å². The first-order chi connectivity index (χ1) is 13.0. The molecule has 27 heavy (non-hydrogen) atoms. The molecule has 7 heteroatoms. The van der Waals surface area contributed by atoms with Gasteiger partial charge in [-0.1, -0.05) is 19.1 Å². The van der Waals surface area contributed by atoms with Crippen molar-refractivity contribution in [3.05, 3.63) is 41.6 Å². The molecule has 0 aliphatic carbocycles. The summed E-state index contributed by atoms with van der Waals surface area (Å²) in [6, 6.07) is 8.11. The van der Waals surface area contributed by atoms with Crippen molar-refractivity contribution in [1.82, 2.24) is 15.6 Å². The van der Waals surface area contributed by atoms with Crippen LogP contribution in [-0.4, -0.2) is 36.9 Å². The molecular formula is C20H30N4O2S. The van der Waals surface area contributed by atoms with Crippen molar-refractivity contribution in [2.24, 2.45) is 10.9 Å². The molecule has 6 nitrogen and oxygen atoms in total. The minimum Gasteiger partial charge on any atom is -0.496 e. The molecule has 1 atom stereocenters. The highest BCUT2D eigenvalue weighted by Crippen LogP contribution is 2.29. The van der Waals surface area contributed by atoms with Crippen LogP contribution in [0.15, 0.2) is 38.6 Å². The minimum absolute atomic E-state index is 0.425. The van der Waals surface area contributed by atoms with Crippen molar-refractivity contribution in [1.29, 1.82) is 0 Å². The van der Waals surface area contributed by atoms with Crippen molar-refractivity contribution in [3.8, 4) is 5.75 Å². The van der Waals surface area contributed by atoms with Crippen LogP contribution in [0.2, 0.25) is 0 Å². The molecule has 0 saturated heterocycles. The van der Waals surface area contributed by atoms with Crippen molar-refractivity contribution >= 4 is 17.7 Å². The summed E-state index contributed by atoms with van der Waals surface area (Å²) in [5, 5.41) is 6.67. The van der Waals surface area contributed by atoms with E-state index in [9.17, 15) is 0 Å². The number of para-hydroxylation sites is 1. The number of guanidine groups is 1. The summed E-state index contributed by atoms with van der Waals surface area (Å²) in [6.45, 7) is 10.2. The van der Waals surface area contributed by atoms with Crippen LogP contribution in [0.3, 0.4) is 0 Å². The molecular weight excluding hydrogens is 360 g/mol. The van der Waals surface area contributed by atoms with Gasteiger partial charge in [0.15, 0.2) is 5.96 Å². The SMILES string of the molecule is CCNC(=NCc1nc(C)c(C)o1)NCC(C)CSc1ccccc1OC. The van der Waals surface area contributed by atoms with Crippen LogP contribution in [0.1, 0.15) is 31.2 Å². The number of nitrogens with zero attached hydrogens (tertiary/aromatic N) is 2. The molecule has 1 aromatic carbocycles. The molecule has 1 aromatic heterocycles. The second-order valence-electron chi connectivity index (χ2n) is 6.39. The van der Waals surface area contributed by atoms with Crippen LogP contribution in [0.25, 0.3) is 0 Å². The Hall–Kier alpha value is -2.15. The van der Waals surface area contributed by atoms with Gasteiger partial charge in [-0.05, 0) is 38.8 Å². The number of benzene rings is 1. The monoisotopic (exact) mass is 390 g/mol. The average Bonchev–Trinajstić information content (AvgIpc) is 3.00. The van der Waals surface area contributed by atoms with Gasteiger partial charge in [0.1, 0.15) is 18.1 Å². The summed E-state index contributed by atoms with van der Waals surface area (Å²) in [6.07, 6.45) is 0. The molecule has 148 valence electrons. The molecule has 0 aliphatic heterocycles. The van der Waals surface area contributed by atoms with Crippen molar-refractivity contribution in [3.63, 3.8) is 0 Å². The number of ether oxygens (including phenoxy) is 1. The fourth-order valence-electron chi connectivity index (χ4n) is 2.40. The highest BCUT2D eigenvalue weighted by Gasteiger charge is 2.09. The molecule has 1 heterocycles. The summed E-state index contributed by atoms with van der Waals surface area (Å²) < 4.78 is 11.0. The molecule has 0 amide bonds. The van der Waals surface area contributed by atoms with E-state index in [0.717, 1.165) is 42.0 Å². The zero-order chi connectivity index (χ0) is 19.6. The Balaban J connectivity index is 1.84. The molecule has 2 rings (SSSR count). The largest absolute Gasteiger partial charge is 0.496 e. The van der Waals surface area contributed by atoms with Crippen molar-refractivity contribution < 1.29 is 9.15 Å². The van der Waals surface area contributed by atoms with E-state index in [1.54, 1.807) is 7.11 Å². The standard InChI is InChI=1S/C20H30N4O2S/c1-6-21-20(23-12-19-24-15(3)16(4)26-19)22-11-14(2)13-27-18-10-8-7-9-17(18)25-5/h7-10,14H,6,11-13H2,1-5H3,(H2,21,22,23). The number of thioether (sulfide) groups is 1. The van der Waals surface area contributed by atoms with Gasteiger partial charge in [0.2, 0.25) is 5.89 Å². The first kappa shape index (κ1) is 21.2. The Morgan fingerprint density at radius 3 is 2.74 bits per heavy atom. The summed E-state index contributed by atoms with van der Waals surface area (Å²) in [5.74, 6) is 4.65. The third-order valence-corrected chi connectivity index (χ3v) is 5.38. The second kappa shape index (κ2) is 10.9. The predicted molar refractivity (Wildman–Crippen MR) is 112 cm³/mol. The minimum atomic E-state index is 0.425. The van der Waals surface area contributed by atoms with Crippen LogP contribution in [0.5, 0.6) is 5.75 Å². The lowest BCUT2D eigenvalue weighted by atomic mass is 10.2. The van der Waals surface area contributed by atoms with Crippen LogP contribution in [-0.2, 0) is 6.54 Å². The summed E-state index contributed by atoms with van der Waals surface area (Å²) in [5.41, 5.74) is 0.917. The maximum absolute atomic E-state index is 5.59.